The summed E-state index contributed by atoms with van der Waals surface area (Å²) in [5.74, 6) is -0.657. The first-order valence-corrected chi connectivity index (χ1v) is 12.3. The molecular formula is C23H20F3NO6S. The predicted octanol–water partition coefficient (Wildman–Crippen LogP) is 3.83. The smallest absolute Gasteiger partial charge is 0.450 e. The van der Waals surface area contributed by atoms with Crippen molar-refractivity contribution in [3.8, 4) is 22.6 Å². The Hall–Kier alpha value is -3.05. The molecule has 34 heavy (non-hydrogen) atoms. The molecule has 180 valence electrons. The number of ether oxygens (including phenoxy) is 2. The Morgan fingerprint density at radius 2 is 1.85 bits per heavy atom. The lowest BCUT2D eigenvalue weighted by atomic mass is 9.99. The number of hydrogen-bond donors (Lipinski definition) is 0. The standard InChI is InChI=1S/C23H20F3NO6S/c1-31-15-4-2-13(3-5-15)19-20(28)16-6-7-18-17(21(16)33-22(19)23(24,25)26)10-27(12-32-18)14-8-9-34(29,30)11-14/h2-7,14H,8-12H2,1H3/t14-/m0/s1. The Kier molecular flexibility index (Phi) is 5.36. The van der Waals surface area contributed by atoms with E-state index in [2.05, 4.69) is 0 Å². The molecule has 0 spiro atoms. The predicted molar refractivity (Wildman–Crippen MR) is 118 cm³/mol. The third-order valence-electron chi connectivity index (χ3n) is 6.23. The van der Waals surface area contributed by atoms with E-state index in [1.807, 2.05) is 0 Å². The van der Waals surface area contributed by atoms with Crippen LogP contribution in [-0.2, 0) is 22.6 Å². The van der Waals surface area contributed by atoms with Crippen LogP contribution in [0, 0.1) is 0 Å². The molecule has 0 saturated carbocycles. The largest absolute Gasteiger partial charge is 0.497 e. The van der Waals surface area contributed by atoms with Gasteiger partial charge in [-0.25, -0.2) is 8.42 Å². The van der Waals surface area contributed by atoms with Crippen molar-refractivity contribution in [1.29, 1.82) is 0 Å². The maximum absolute atomic E-state index is 14.1. The molecule has 1 saturated heterocycles. The molecule has 2 aliphatic rings. The SMILES string of the molecule is COc1ccc(-c2c(C(F)(F)F)oc3c4c(ccc3c2=O)OCN([C@H]2CCS(=O)(=O)C2)C4)cc1. The maximum atomic E-state index is 14.1. The van der Waals surface area contributed by atoms with Gasteiger partial charge in [-0.2, -0.15) is 13.2 Å². The molecule has 3 aromatic rings. The number of sulfone groups is 1. The van der Waals surface area contributed by atoms with E-state index in [4.69, 9.17) is 13.9 Å². The van der Waals surface area contributed by atoms with E-state index < -0.39 is 32.8 Å². The van der Waals surface area contributed by atoms with E-state index in [9.17, 15) is 26.4 Å². The van der Waals surface area contributed by atoms with E-state index >= 15 is 0 Å². The number of hydrogen-bond acceptors (Lipinski definition) is 7. The molecule has 1 atom stereocenters. The Bertz CT molecular complexity index is 1430. The Morgan fingerprint density at radius 3 is 2.47 bits per heavy atom. The van der Waals surface area contributed by atoms with Crippen LogP contribution in [0.1, 0.15) is 17.7 Å². The number of benzene rings is 2. The molecule has 1 fully saturated rings. The van der Waals surface area contributed by atoms with Gasteiger partial charge in [0.1, 0.15) is 23.8 Å². The molecule has 0 N–H and O–H groups in total. The first kappa shape index (κ1) is 22.7. The van der Waals surface area contributed by atoms with Crippen molar-refractivity contribution in [2.45, 2.75) is 25.2 Å². The number of fused-ring (bicyclic) bond motifs is 3. The van der Waals surface area contributed by atoms with Gasteiger partial charge >= 0.3 is 6.18 Å². The normalized spacial score (nSPS) is 20.2. The van der Waals surface area contributed by atoms with Gasteiger partial charge in [-0.15, -0.1) is 0 Å². The molecule has 0 radical (unpaired) electrons. The molecule has 2 aromatic carbocycles. The fraction of sp³-hybridized carbons (Fsp3) is 0.348. The van der Waals surface area contributed by atoms with Crippen LogP contribution < -0.4 is 14.9 Å². The van der Waals surface area contributed by atoms with Crippen LogP contribution in [0.25, 0.3) is 22.1 Å². The lowest BCUT2D eigenvalue weighted by molar-refractivity contribution is -0.152. The minimum absolute atomic E-state index is 0.0120. The van der Waals surface area contributed by atoms with Gasteiger partial charge in [0.2, 0.25) is 11.2 Å². The van der Waals surface area contributed by atoms with Gasteiger partial charge in [-0.3, -0.25) is 9.69 Å². The molecule has 0 unspecified atom stereocenters. The van der Waals surface area contributed by atoms with Crippen molar-refractivity contribution < 1.29 is 35.5 Å². The molecule has 3 heterocycles. The van der Waals surface area contributed by atoms with E-state index in [-0.39, 0.29) is 52.9 Å². The van der Waals surface area contributed by atoms with Crippen LogP contribution in [0.15, 0.2) is 45.6 Å². The number of alkyl halides is 3. The summed E-state index contributed by atoms with van der Waals surface area (Å²) in [5.41, 5.74) is -1.27. The molecule has 11 heteroatoms. The van der Waals surface area contributed by atoms with Crippen LogP contribution >= 0.6 is 0 Å². The molecule has 0 aliphatic carbocycles. The summed E-state index contributed by atoms with van der Waals surface area (Å²) in [5, 5.41) is -0.0120. The summed E-state index contributed by atoms with van der Waals surface area (Å²) in [4.78, 5) is 15.1. The summed E-state index contributed by atoms with van der Waals surface area (Å²) in [6.07, 6.45) is -4.52. The summed E-state index contributed by atoms with van der Waals surface area (Å²) < 4.78 is 82.1. The molecular weight excluding hydrogens is 475 g/mol. The summed E-state index contributed by atoms with van der Waals surface area (Å²) in [6, 6.07) is 8.28. The van der Waals surface area contributed by atoms with Gasteiger partial charge in [-0.05, 0) is 36.2 Å². The van der Waals surface area contributed by atoms with E-state index in [1.165, 1.54) is 43.5 Å². The van der Waals surface area contributed by atoms with E-state index in [1.54, 1.807) is 4.90 Å². The number of methoxy groups -OCH3 is 1. The average molecular weight is 495 g/mol. The first-order valence-electron chi connectivity index (χ1n) is 10.5. The first-order chi connectivity index (χ1) is 16.1. The topological polar surface area (TPSA) is 86.1 Å². The Balaban J connectivity index is 1.67. The third kappa shape index (κ3) is 3.92. The van der Waals surface area contributed by atoms with Gasteiger partial charge < -0.3 is 13.9 Å². The monoisotopic (exact) mass is 495 g/mol. The van der Waals surface area contributed by atoms with Crippen LogP contribution in [0.3, 0.4) is 0 Å². The van der Waals surface area contributed by atoms with Crippen molar-refractivity contribution in [2.75, 3.05) is 25.3 Å². The minimum Gasteiger partial charge on any atom is -0.497 e. The highest BCUT2D eigenvalue weighted by molar-refractivity contribution is 7.91. The highest BCUT2D eigenvalue weighted by Crippen LogP contribution is 2.40. The molecule has 2 aliphatic heterocycles. The average Bonchev–Trinajstić information content (AvgIpc) is 3.17. The fourth-order valence-electron chi connectivity index (χ4n) is 4.50. The fourth-order valence-corrected chi connectivity index (χ4v) is 6.26. The lowest BCUT2D eigenvalue weighted by Gasteiger charge is -2.33. The molecule has 1 aromatic heterocycles. The highest BCUT2D eigenvalue weighted by atomic mass is 32.2. The zero-order valence-corrected chi connectivity index (χ0v) is 18.8. The van der Waals surface area contributed by atoms with Gasteiger partial charge in [-0.1, -0.05) is 12.1 Å². The highest BCUT2D eigenvalue weighted by Gasteiger charge is 2.41. The van der Waals surface area contributed by atoms with Crippen LogP contribution in [-0.4, -0.2) is 44.7 Å². The molecule has 5 rings (SSSR count). The molecule has 0 amide bonds. The van der Waals surface area contributed by atoms with Gasteiger partial charge in [0.05, 0.1) is 35.1 Å². The summed E-state index contributed by atoms with van der Waals surface area (Å²) >= 11 is 0. The minimum atomic E-state index is -4.93. The van der Waals surface area contributed by atoms with Crippen molar-refractivity contribution >= 4 is 20.8 Å². The molecule has 0 bridgehead atoms. The van der Waals surface area contributed by atoms with Crippen molar-refractivity contribution in [2.24, 2.45) is 0 Å². The zero-order chi connectivity index (χ0) is 24.3. The van der Waals surface area contributed by atoms with E-state index in [0.717, 1.165) is 0 Å². The van der Waals surface area contributed by atoms with E-state index in [0.29, 0.717) is 17.9 Å². The van der Waals surface area contributed by atoms with Gasteiger partial charge in [0, 0.05) is 12.6 Å². The van der Waals surface area contributed by atoms with Crippen LogP contribution in [0.5, 0.6) is 11.5 Å². The number of nitrogens with zero attached hydrogens (tertiary/aromatic N) is 1. The van der Waals surface area contributed by atoms with Crippen molar-refractivity contribution in [3.05, 3.63) is 57.9 Å². The van der Waals surface area contributed by atoms with Crippen LogP contribution in [0.4, 0.5) is 13.2 Å². The van der Waals surface area contributed by atoms with Crippen LogP contribution in [0.2, 0.25) is 0 Å². The maximum Gasteiger partial charge on any atom is 0.450 e. The summed E-state index contributed by atoms with van der Waals surface area (Å²) in [6.45, 7) is 0.202. The lowest BCUT2D eigenvalue weighted by Crippen LogP contribution is -2.41. The third-order valence-corrected chi connectivity index (χ3v) is 7.98. The second-order valence-corrected chi connectivity index (χ2v) is 10.6. The zero-order valence-electron chi connectivity index (χ0n) is 18.0. The second-order valence-electron chi connectivity index (χ2n) is 8.36. The quantitative estimate of drug-likeness (QED) is 0.546. The Morgan fingerprint density at radius 1 is 1.12 bits per heavy atom. The Labute approximate surface area is 192 Å². The van der Waals surface area contributed by atoms with Gasteiger partial charge in [0.15, 0.2) is 9.84 Å². The summed E-state index contributed by atoms with van der Waals surface area (Å²) in [7, 11) is -1.74. The second kappa shape index (κ2) is 8.02. The van der Waals surface area contributed by atoms with Crippen molar-refractivity contribution in [3.63, 3.8) is 0 Å². The molecule has 7 nitrogen and oxygen atoms in total. The number of halogens is 3. The van der Waals surface area contributed by atoms with Crippen molar-refractivity contribution in [1.82, 2.24) is 4.90 Å². The van der Waals surface area contributed by atoms with Gasteiger partial charge in [0.25, 0.3) is 0 Å². The number of rotatable bonds is 3.